The quantitative estimate of drug-likeness (QED) is 0.480. The second-order valence-corrected chi connectivity index (χ2v) is 3.17. The van der Waals surface area contributed by atoms with Crippen molar-refractivity contribution in [1.29, 1.82) is 0 Å². The SMILES string of the molecule is C/C(=C/C(C)N(C)C)C(=O)Cl. The molecule has 0 fully saturated rings. The maximum absolute atomic E-state index is 10.6. The van der Waals surface area contributed by atoms with Crippen LogP contribution >= 0.6 is 11.6 Å². The first-order valence-corrected chi connectivity index (χ1v) is 3.87. The molecule has 0 aromatic rings. The Balaban J connectivity index is 4.19. The Hall–Kier alpha value is -0.340. The number of carbonyl (C=O) groups is 1. The predicted octanol–water partition coefficient (Wildman–Crippen LogP) is 1.65. The number of hydrogen-bond donors (Lipinski definition) is 0. The average molecular weight is 176 g/mol. The highest BCUT2D eigenvalue weighted by atomic mass is 35.5. The van der Waals surface area contributed by atoms with Crippen LogP contribution in [0.25, 0.3) is 0 Å². The lowest BCUT2D eigenvalue weighted by Gasteiger charge is -2.15. The molecule has 1 unspecified atom stereocenters. The molecule has 64 valence electrons. The van der Waals surface area contributed by atoms with E-state index in [1.54, 1.807) is 6.92 Å². The van der Waals surface area contributed by atoms with E-state index in [1.807, 2.05) is 32.0 Å². The smallest absolute Gasteiger partial charge is 0.247 e. The minimum absolute atomic E-state index is 0.248. The minimum atomic E-state index is -0.376. The largest absolute Gasteiger partial charge is 0.303 e. The van der Waals surface area contributed by atoms with Gasteiger partial charge in [0.05, 0.1) is 0 Å². The maximum atomic E-state index is 10.6. The van der Waals surface area contributed by atoms with Crippen molar-refractivity contribution in [2.24, 2.45) is 0 Å². The number of hydrogen-bond acceptors (Lipinski definition) is 2. The van der Waals surface area contributed by atoms with Crippen LogP contribution in [0.5, 0.6) is 0 Å². The molecule has 1 atom stereocenters. The number of carbonyl (C=O) groups excluding carboxylic acids is 1. The van der Waals surface area contributed by atoms with E-state index in [2.05, 4.69) is 0 Å². The van der Waals surface area contributed by atoms with Crippen molar-refractivity contribution < 1.29 is 4.79 Å². The van der Waals surface area contributed by atoms with Gasteiger partial charge in [-0.05, 0) is 39.5 Å². The number of likely N-dealkylation sites (N-methyl/N-ethyl adjacent to an activating group) is 1. The van der Waals surface area contributed by atoms with Crippen LogP contribution in [-0.4, -0.2) is 30.3 Å². The normalized spacial score (nSPS) is 15.3. The van der Waals surface area contributed by atoms with Gasteiger partial charge in [0.1, 0.15) is 0 Å². The van der Waals surface area contributed by atoms with Gasteiger partial charge in [-0.1, -0.05) is 6.08 Å². The fourth-order valence-corrected chi connectivity index (χ4v) is 0.639. The zero-order valence-electron chi connectivity index (χ0n) is 7.39. The molecule has 0 aromatic carbocycles. The van der Waals surface area contributed by atoms with Crippen LogP contribution in [0.3, 0.4) is 0 Å². The zero-order chi connectivity index (χ0) is 9.02. The van der Waals surface area contributed by atoms with Gasteiger partial charge in [0.15, 0.2) is 0 Å². The van der Waals surface area contributed by atoms with Gasteiger partial charge >= 0.3 is 0 Å². The fraction of sp³-hybridized carbons (Fsp3) is 0.625. The summed E-state index contributed by atoms with van der Waals surface area (Å²) >= 11 is 5.25. The van der Waals surface area contributed by atoms with E-state index in [1.165, 1.54) is 0 Å². The van der Waals surface area contributed by atoms with E-state index in [4.69, 9.17) is 11.6 Å². The Morgan fingerprint density at radius 2 is 2.00 bits per heavy atom. The Labute approximate surface area is 72.8 Å². The molecule has 3 heteroatoms. The van der Waals surface area contributed by atoms with Gasteiger partial charge in [0.2, 0.25) is 5.24 Å². The Morgan fingerprint density at radius 1 is 1.55 bits per heavy atom. The lowest BCUT2D eigenvalue weighted by molar-refractivity contribution is -0.108. The van der Waals surface area contributed by atoms with Crippen molar-refractivity contribution in [1.82, 2.24) is 4.90 Å². The summed E-state index contributed by atoms with van der Waals surface area (Å²) in [5.74, 6) is 0. The third kappa shape index (κ3) is 4.17. The summed E-state index contributed by atoms with van der Waals surface area (Å²) in [5, 5.41) is -0.376. The molecule has 0 saturated heterocycles. The average Bonchev–Trinajstić information content (AvgIpc) is 1.87. The van der Waals surface area contributed by atoms with Gasteiger partial charge < -0.3 is 4.90 Å². The summed E-state index contributed by atoms with van der Waals surface area (Å²) in [6, 6.07) is 0.248. The molecule has 0 aliphatic carbocycles. The summed E-state index contributed by atoms with van der Waals surface area (Å²) in [5.41, 5.74) is 0.605. The molecule has 0 heterocycles. The highest BCUT2D eigenvalue weighted by Gasteiger charge is 2.04. The van der Waals surface area contributed by atoms with Crippen molar-refractivity contribution in [2.45, 2.75) is 19.9 Å². The predicted molar refractivity (Wildman–Crippen MR) is 47.8 cm³/mol. The Morgan fingerprint density at radius 3 is 2.27 bits per heavy atom. The van der Waals surface area contributed by atoms with E-state index in [9.17, 15) is 4.79 Å². The molecule has 0 spiro atoms. The molecule has 0 saturated carbocycles. The molecule has 0 N–H and O–H groups in total. The van der Waals surface area contributed by atoms with Crippen molar-refractivity contribution in [3.63, 3.8) is 0 Å². The van der Waals surface area contributed by atoms with Gasteiger partial charge in [-0.15, -0.1) is 0 Å². The third-order valence-corrected chi connectivity index (χ3v) is 1.91. The van der Waals surface area contributed by atoms with Crippen molar-refractivity contribution in [3.8, 4) is 0 Å². The van der Waals surface area contributed by atoms with Gasteiger partial charge in [-0.25, -0.2) is 0 Å². The van der Waals surface area contributed by atoms with E-state index in [0.29, 0.717) is 5.57 Å². The molecular formula is C8H14ClNO. The molecule has 0 aliphatic heterocycles. The summed E-state index contributed by atoms with van der Waals surface area (Å²) in [4.78, 5) is 12.6. The van der Waals surface area contributed by atoms with E-state index in [0.717, 1.165) is 0 Å². The molecule has 11 heavy (non-hydrogen) atoms. The van der Waals surface area contributed by atoms with E-state index >= 15 is 0 Å². The fourth-order valence-electron chi connectivity index (χ4n) is 0.576. The molecule has 0 bridgehead atoms. The number of allylic oxidation sites excluding steroid dienone is 1. The number of nitrogens with zero attached hydrogens (tertiary/aromatic N) is 1. The van der Waals surface area contributed by atoms with Crippen LogP contribution in [-0.2, 0) is 4.79 Å². The highest BCUT2D eigenvalue weighted by Crippen LogP contribution is 2.03. The molecule has 0 rings (SSSR count). The van der Waals surface area contributed by atoms with Gasteiger partial charge in [-0.2, -0.15) is 0 Å². The Bertz CT molecular complexity index is 175. The summed E-state index contributed by atoms with van der Waals surface area (Å²) in [6.45, 7) is 3.72. The van der Waals surface area contributed by atoms with E-state index < -0.39 is 0 Å². The molecule has 2 nitrogen and oxygen atoms in total. The van der Waals surface area contributed by atoms with Crippen LogP contribution in [0.2, 0.25) is 0 Å². The molecule has 0 aromatic heterocycles. The molecule has 0 radical (unpaired) electrons. The van der Waals surface area contributed by atoms with Crippen LogP contribution in [0.15, 0.2) is 11.6 Å². The van der Waals surface area contributed by atoms with Crippen molar-refractivity contribution in [2.75, 3.05) is 14.1 Å². The second-order valence-electron chi connectivity index (χ2n) is 2.83. The van der Waals surface area contributed by atoms with E-state index in [-0.39, 0.29) is 11.3 Å². The van der Waals surface area contributed by atoms with Crippen LogP contribution < -0.4 is 0 Å². The van der Waals surface area contributed by atoms with Crippen molar-refractivity contribution in [3.05, 3.63) is 11.6 Å². The number of halogens is 1. The summed E-state index contributed by atoms with van der Waals surface area (Å²) in [7, 11) is 3.90. The maximum Gasteiger partial charge on any atom is 0.247 e. The lowest BCUT2D eigenvalue weighted by atomic mass is 10.2. The molecular weight excluding hydrogens is 162 g/mol. The Kier molecular flexibility index (Phi) is 4.38. The first kappa shape index (κ1) is 10.7. The second kappa shape index (κ2) is 4.52. The van der Waals surface area contributed by atoms with Gasteiger partial charge in [-0.3, -0.25) is 4.79 Å². The molecule has 0 amide bonds. The standard InChI is InChI=1S/C8H14ClNO/c1-6(8(9)11)5-7(2)10(3)4/h5,7H,1-4H3/b6-5-. The van der Waals surface area contributed by atoms with Gasteiger partial charge in [0.25, 0.3) is 0 Å². The number of rotatable bonds is 3. The summed E-state index contributed by atoms with van der Waals surface area (Å²) < 4.78 is 0. The first-order chi connectivity index (χ1) is 4.95. The van der Waals surface area contributed by atoms with Crippen molar-refractivity contribution >= 4 is 16.8 Å². The van der Waals surface area contributed by atoms with Crippen LogP contribution in [0.4, 0.5) is 0 Å². The van der Waals surface area contributed by atoms with Gasteiger partial charge in [0, 0.05) is 11.6 Å². The lowest BCUT2D eigenvalue weighted by Crippen LogP contribution is -2.22. The monoisotopic (exact) mass is 175 g/mol. The topological polar surface area (TPSA) is 20.3 Å². The zero-order valence-corrected chi connectivity index (χ0v) is 8.14. The van der Waals surface area contributed by atoms with Crippen LogP contribution in [0, 0.1) is 0 Å². The first-order valence-electron chi connectivity index (χ1n) is 3.50. The molecule has 0 aliphatic rings. The third-order valence-electron chi connectivity index (χ3n) is 1.62. The minimum Gasteiger partial charge on any atom is -0.303 e. The highest BCUT2D eigenvalue weighted by molar-refractivity contribution is 6.67. The summed E-state index contributed by atoms with van der Waals surface area (Å²) in [6.07, 6.45) is 1.84. The van der Waals surface area contributed by atoms with Crippen LogP contribution in [0.1, 0.15) is 13.8 Å².